The fourth-order valence-electron chi connectivity index (χ4n) is 4.63. The SMILES string of the molecule is CN(CCCNC(=O)[C@@H]1C[C@@]2(CCN(C(=O)c3ccccc3)C2)C(=O)N1)c1ccccc1. The Hall–Kier alpha value is -3.35. The van der Waals surface area contributed by atoms with Gasteiger partial charge in [0, 0.05) is 44.5 Å². The van der Waals surface area contributed by atoms with Crippen molar-refractivity contribution in [3.8, 4) is 0 Å². The van der Waals surface area contributed by atoms with Crippen molar-refractivity contribution in [3.63, 3.8) is 0 Å². The number of likely N-dealkylation sites (tertiary alicyclic amines) is 1. The van der Waals surface area contributed by atoms with Crippen LogP contribution in [-0.4, -0.2) is 61.9 Å². The van der Waals surface area contributed by atoms with Crippen LogP contribution < -0.4 is 15.5 Å². The molecular formula is C25H30N4O3. The molecule has 0 aliphatic carbocycles. The number of amides is 3. The van der Waals surface area contributed by atoms with Gasteiger partial charge in [-0.25, -0.2) is 0 Å². The predicted octanol–water partition coefficient (Wildman–Crippen LogP) is 2.05. The van der Waals surface area contributed by atoms with Crippen LogP contribution in [0, 0.1) is 5.41 Å². The first-order valence-corrected chi connectivity index (χ1v) is 11.2. The number of hydrogen-bond acceptors (Lipinski definition) is 4. The third-order valence-corrected chi connectivity index (χ3v) is 6.53. The molecule has 32 heavy (non-hydrogen) atoms. The largest absolute Gasteiger partial charge is 0.375 e. The first-order valence-electron chi connectivity index (χ1n) is 11.2. The lowest BCUT2D eigenvalue weighted by atomic mass is 9.84. The van der Waals surface area contributed by atoms with E-state index in [0.717, 1.165) is 18.7 Å². The number of rotatable bonds is 7. The van der Waals surface area contributed by atoms with Crippen LogP contribution in [0.5, 0.6) is 0 Å². The lowest BCUT2D eigenvalue weighted by Crippen LogP contribution is -2.42. The van der Waals surface area contributed by atoms with Gasteiger partial charge in [0.1, 0.15) is 6.04 Å². The summed E-state index contributed by atoms with van der Waals surface area (Å²) >= 11 is 0. The van der Waals surface area contributed by atoms with Crippen LogP contribution in [-0.2, 0) is 9.59 Å². The molecule has 2 atom stereocenters. The predicted molar refractivity (Wildman–Crippen MR) is 123 cm³/mol. The molecule has 2 aromatic carbocycles. The number of carbonyl (C=O) groups is 3. The summed E-state index contributed by atoms with van der Waals surface area (Å²) in [6, 6.07) is 18.7. The minimum absolute atomic E-state index is 0.0642. The number of para-hydroxylation sites is 1. The van der Waals surface area contributed by atoms with Crippen LogP contribution in [0.4, 0.5) is 5.69 Å². The number of carbonyl (C=O) groups excluding carboxylic acids is 3. The van der Waals surface area contributed by atoms with Crippen molar-refractivity contribution in [3.05, 3.63) is 66.2 Å². The maximum absolute atomic E-state index is 12.8. The van der Waals surface area contributed by atoms with Gasteiger partial charge < -0.3 is 20.4 Å². The maximum Gasteiger partial charge on any atom is 0.253 e. The summed E-state index contributed by atoms with van der Waals surface area (Å²) in [7, 11) is 2.03. The Labute approximate surface area is 188 Å². The molecule has 2 N–H and O–H groups in total. The normalized spacial score (nSPS) is 22.1. The van der Waals surface area contributed by atoms with E-state index in [1.165, 1.54) is 0 Å². The van der Waals surface area contributed by atoms with E-state index in [0.29, 0.717) is 38.0 Å². The summed E-state index contributed by atoms with van der Waals surface area (Å²) in [4.78, 5) is 42.1. The van der Waals surface area contributed by atoms with Crippen LogP contribution in [0.2, 0.25) is 0 Å². The molecule has 2 saturated heterocycles. The van der Waals surface area contributed by atoms with Gasteiger partial charge in [-0.1, -0.05) is 36.4 Å². The summed E-state index contributed by atoms with van der Waals surface area (Å²) in [6.45, 7) is 2.26. The van der Waals surface area contributed by atoms with Crippen LogP contribution in [0.3, 0.4) is 0 Å². The zero-order valence-corrected chi connectivity index (χ0v) is 18.4. The van der Waals surface area contributed by atoms with Crippen LogP contribution in [0.25, 0.3) is 0 Å². The summed E-state index contributed by atoms with van der Waals surface area (Å²) in [5.41, 5.74) is 1.09. The molecule has 2 aliphatic rings. The second kappa shape index (κ2) is 9.42. The minimum Gasteiger partial charge on any atom is -0.375 e. The molecule has 0 unspecified atom stereocenters. The van der Waals surface area contributed by atoms with Crippen molar-refractivity contribution in [1.82, 2.24) is 15.5 Å². The van der Waals surface area contributed by atoms with E-state index in [1.54, 1.807) is 17.0 Å². The second-order valence-electron chi connectivity index (χ2n) is 8.75. The van der Waals surface area contributed by atoms with E-state index >= 15 is 0 Å². The first kappa shape index (κ1) is 21.9. The van der Waals surface area contributed by atoms with Crippen LogP contribution >= 0.6 is 0 Å². The van der Waals surface area contributed by atoms with Gasteiger partial charge in [0.05, 0.1) is 5.41 Å². The minimum atomic E-state index is -0.667. The van der Waals surface area contributed by atoms with Crippen molar-refractivity contribution >= 4 is 23.4 Å². The molecular weight excluding hydrogens is 404 g/mol. The fourth-order valence-corrected chi connectivity index (χ4v) is 4.63. The summed E-state index contributed by atoms with van der Waals surface area (Å²) in [5.74, 6) is -0.332. The fraction of sp³-hybridized carbons (Fsp3) is 0.400. The van der Waals surface area contributed by atoms with Crippen molar-refractivity contribution in [2.24, 2.45) is 5.41 Å². The van der Waals surface area contributed by atoms with Crippen molar-refractivity contribution in [2.75, 3.05) is 38.1 Å². The lowest BCUT2D eigenvalue weighted by Gasteiger charge is -2.21. The number of nitrogens with zero attached hydrogens (tertiary/aromatic N) is 2. The Balaban J connectivity index is 1.25. The highest BCUT2D eigenvalue weighted by Gasteiger charge is 2.53. The topological polar surface area (TPSA) is 81.8 Å². The van der Waals surface area contributed by atoms with E-state index < -0.39 is 11.5 Å². The van der Waals surface area contributed by atoms with Gasteiger partial charge >= 0.3 is 0 Å². The zero-order valence-electron chi connectivity index (χ0n) is 18.4. The first-order chi connectivity index (χ1) is 15.5. The van der Waals surface area contributed by atoms with Crippen LogP contribution in [0.1, 0.15) is 29.6 Å². The monoisotopic (exact) mass is 434 g/mol. The Morgan fingerprint density at radius 3 is 2.53 bits per heavy atom. The number of hydrogen-bond donors (Lipinski definition) is 2. The Kier molecular flexibility index (Phi) is 6.44. The molecule has 168 valence electrons. The summed E-state index contributed by atoms with van der Waals surface area (Å²) in [5, 5.41) is 5.82. The summed E-state index contributed by atoms with van der Waals surface area (Å²) in [6.07, 6.45) is 1.82. The molecule has 0 radical (unpaired) electrons. The Bertz CT molecular complexity index is 966. The smallest absolute Gasteiger partial charge is 0.253 e. The van der Waals surface area contributed by atoms with Crippen molar-refractivity contribution < 1.29 is 14.4 Å². The molecule has 7 heteroatoms. The van der Waals surface area contributed by atoms with Crippen molar-refractivity contribution in [1.29, 1.82) is 0 Å². The van der Waals surface area contributed by atoms with Gasteiger partial charge in [-0.05, 0) is 43.5 Å². The molecule has 7 nitrogen and oxygen atoms in total. The molecule has 4 rings (SSSR count). The molecule has 2 heterocycles. The third-order valence-electron chi connectivity index (χ3n) is 6.53. The van der Waals surface area contributed by atoms with E-state index in [-0.39, 0.29) is 17.7 Å². The highest BCUT2D eigenvalue weighted by molar-refractivity contribution is 5.97. The molecule has 3 amide bonds. The highest BCUT2D eigenvalue weighted by Crippen LogP contribution is 2.40. The quantitative estimate of drug-likeness (QED) is 0.654. The van der Waals surface area contributed by atoms with Gasteiger partial charge in [0.15, 0.2) is 0 Å². The lowest BCUT2D eigenvalue weighted by molar-refractivity contribution is -0.128. The van der Waals surface area contributed by atoms with Gasteiger partial charge in [-0.15, -0.1) is 0 Å². The van der Waals surface area contributed by atoms with E-state index in [9.17, 15) is 14.4 Å². The highest BCUT2D eigenvalue weighted by atomic mass is 16.2. The summed E-state index contributed by atoms with van der Waals surface area (Å²) < 4.78 is 0. The number of anilines is 1. The van der Waals surface area contributed by atoms with Gasteiger partial charge in [-0.2, -0.15) is 0 Å². The Morgan fingerprint density at radius 2 is 1.81 bits per heavy atom. The number of nitrogens with one attached hydrogen (secondary N) is 2. The molecule has 2 fully saturated rings. The standard InChI is InChI=1S/C25H30N4O3/c1-28(20-11-6-3-7-12-20)15-8-14-26-22(30)21-17-25(24(32)27-21)13-16-29(18-25)23(31)19-9-4-2-5-10-19/h2-7,9-12,21H,8,13-18H2,1H3,(H,26,30)(H,27,32)/t21-,25+/m0/s1. The second-order valence-corrected chi connectivity index (χ2v) is 8.75. The van der Waals surface area contributed by atoms with Gasteiger partial charge in [-0.3, -0.25) is 14.4 Å². The molecule has 0 bridgehead atoms. The van der Waals surface area contributed by atoms with Crippen LogP contribution in [0.15, 0.2) is 60.7 Å². The molecule has 0 saturated carbocycles. The number of benzene rings is 2. The van der Waals surface area contributed by atoms with E-state index in [1.807, 2.05) is 43.4 Å². The Morgan fingerprint density at radius 1 is 1.12 bits per heavy atom. The molecule has 2 aromatic rings. The average Bonchev–Trinajstić information content (AvgIpc) is 3.41. The zero-order chi connectivity index (χ0) is 22.6. The molecule has 2 aliphatic heterocycles. The van der Waals surface area contributed by atoms with Crippen molar-refractivity contribution in [2.45, 2.75) is 25.3 Å². The maximum atomic E-state index is 12.8. The van der Waals surface area contributed by atoms with Gasteiger partial charge in [0.25, 0.3) is 5.91 Å². The average molecular weight is 435 g/mol. The van der Waals surface area contributed by atoms with E-state index in [4.69, 9.17) is 0 Å². The van der Waals surface area contributed by atoms with E-state index in [2.05, 4.69) is 27.7 Å². The molecule has 0 aromatic heterocycles. The van der Waals surface area contributed by atoms with Gasteiger partial charge in [0.2, 0.25) is 11.8 Å². The molecule has 1 spiro atoms. The third kappa shape index (κ3) is 4.61.